The Bertz CT molecular complexity index is 984. The lowest BCUT2D eigenvalue weighted by atomic mass is 9.96. The molecule has 2 aromatic rings. The van der Waals surface area contributed by atoms with Gasteiger partial charge >= 0.3 is 0 Å². The summed E-state index contributed by atoms with van der Waals surface area (Å²) in [5.41, 5.74) is 2.09. The highest BCUT2D eigenvalue weighted by atomic mass is 19.1. The fraction of sp³-hybridized carbons (Fsp3) is 0.522. The average Bonchev–Trinajstić information content (AvgIpc) is 3.34. The first-order valence-electron chi connectivity index (χ1n) is 10.9. The van der Waals surface area contributed by atoms with Gasteiger partial charge < -0.3 is 20.2 Å². The number of carbonyl (C=O) groups excluding carboxylic acids is 1. The second kappa shape index (κ2) is 7.75. The van der Waals surface area contributed by atoms with E-state index in [9.17, 15) is 14.3 Å². The molecule has 0 saturated carbocycles. The summed E-state index contributed by atoms with van der Waals surface area (Å²) >= 11 is 0. The Labute approximate surface area is 181 Å². The number of phenols is 1. The fourth-order valence-electron chi connectivity index (χ4n) is 5.27. The highest BCUT2D eigenvalue weighted by molar-refractivity contribution is 5.79. The molecule has 3 saturated heterocycles. The molecule has 8 heteroatoms. The van der Waals surface area contributed by atoms with Crippen LogP contribution in [0.15, 0.2) is 30.6 Å². The maximum atomic E-state index is 14.9. The molecule has 1 unspecified atom stereocenters. The smallest absolute Gasteiger partial charge is 0.223 e. The third-order valence-corrected chi connectivity index (χ3v) is 7.16. The van der Waals surface area contributed by atoms with Gasteiger partial charge in [-0.2, -0.15) is 0 Å². The standard InChI is InChI=1S/C23H28FN5O2/c1-28-12-14(8-22(28)31)13-3-5-16(20(30)7-13)18-10-26-21(11-25-18)29(2)19-9-15-4-6-17(27-15)23(19)24/h3,5,7,10-11,14-15,17,19,23,27,30H,4,6,8-9,12H2,1-2H3/t14-,15+,17?,19+,23-/m1/s1. The lowest BCUT2D eigenvalue weighted by Crippen LogP contribution is -2.55. The molecule has 5 rings (SSSR count). The topological polar surface area (TPSA) is 81.6 Å². The van der Waals surface area contributed by atoms with Gasteiger partial charge in [-0.05, 0) is 37.0 Å². The minimum absolute atomic E-state index is 0.0659. The number of alkyl halides is 1. The highest BCUT2D eigenvalue weighted by Crippen LogP contribution is 2.36. The van der Waals surface area contributed by atoms with E-state index in [1.807, 2.05) is 24.1 Å². The first kappa shape index (κ1) is 20.2. The molecule has 7 nitrogen and oxygen atoms in total. The predicted octanol–water partition coefficient (Wildman–Crippen LogP) is 2.46. The van der Waals surface area contributed by atoms with E-state index in [1.165, 1.54) is 0 Å². The number of fused-ring (bicyclic) bond motifs is 2. The normalized spacial score (nSPS) is 30.1. The van der Waals surface area contributed by atoms with Gasteiger partial charge in [-0.3, -0.25) is 9.78 Å². The first-order valence-corrected chi connectivity index (χ1v) is 10.9. The summed E-state index contributed by atoms with van der Waals surface area (Å²) in [6, 6.07) is 5.58. The minimum Gasteiger partial charge on any atom is -0.507 e. The third kappa shape index (κ3) is 3.63. The second-order valence-electron chi connectivity index (χ2n) is 9.12. The summed E-state index contributed by atoms with van der Waals surface area (Å²) in [5, 5.41) is 13.9. The number of amides is 1. The summed E-state index contributed by atoms with van der Waals surface area (Å²) in [4.78, 5) is 24.4. The Morgan fingerprint density at radius 1 is 1.26 bits per heavy atom. The highest BCUT2D eigenvalue weighted by Gasteiger charge is 2.43. The van der Waals surface area contributed by atoms with Crippen molar-refractivity contribution >= 4 is 11.7 Å². The quantitative estimate of drug-likeness (QED) is 0.783. The van der Waals surface area contributed by atoms with Gasteiger partial charge in [-0.1, -0.05) is 6.07 Å². The van der Waals surface area contributed by atoms with Gasteiger partial charge in [0.15, 0.2) is 0 Å². The Morgan fingerprint density at radius 3 is 2.77 bits per heavy atom. The number of carbonyl (C=O) groups is 1. The molecular formula is C23H28FN5O2. The van der Waals surface area contributed by atoms with Crippen LogP contribution in [-0.2, 0) is 4.79 Å². The van der Waals surface area contributed by atoms with Gasteiger partial charge in [0.1, 0.15) is 17.7 Å². The van der Waals surface area contributed by atoms with Crippen molar-refractivity contribution in [2.24, 2.45) is 0 Å². The van der Waals surface area contributed by atoms with Gasteiger partial charge in [-0.25, -0.2) is 9.37 Å². The molecule has 1 amide bonds. The number of likely N-dealkylation sites (N-methyl/N-ethyl adjacent to an activating group) is 1. The van der Waals surface area contributed by atoms with Crippen molar-refractivity contribution in [1.82, 2.24) is 20.2 Å². The summed E-state index contributed by atoms with van der Waals surface area (Å²) in [6.07, 6.45) is 5.48. The van der Waals surface area contributed by atoms with Gasteiger partial charge in [0.25, 0.3) is 0 Å². The number of aromatic hydroxyl groups is 1. The first-order chi connectivity index (χ1) is 14.9. The van der Waals surface area contributed by atoms with Crippen LogP contribution in [0, 0.1) is 0 Å². The largest absolute Gasteiger partial charge is 0.507 e. The van der Waals surface area contributed by atoms with Crippen molar-refractivity contribution in [1.29, 1.82) is 0 Å². The Balaban J connectivity index is 1.32. The number of rotatable bonds is 4. The van der Waals surface area contributed by atoms with Crippen LogP contribution in [-0.4, -0.2) is 70.8 Å². The van der Waals surface area contributed by atoms with Crippen LogP contribution in [0.3, 0.4) is 0 Å². The van der Waals surface area contributed by atoms with Crippen LogP contribution < -0.4 is 10.2 Å². The van der Waals surface area contributed by atoms with E-state index in [0.29, 0.717) is 36.1 Å². The molecule has 2 bridgehead atoms. The molecule has 0 radical (unpaired) electrons. The molecule has 2 N–H and O–H groups in total. The number of aromatic nitrogens is 2. The molecule has 31 heavy (non-hydrogen) atoms. The van der Waals surface area contributed by atoms with Crippen molar-refractivity contribution in [3.8, 4) is 17.0 Å². The second-order valence-corrected chi connectivity index (χ2v) is 9.12. The van der Waals surface area contributed by atoms with E-state index in [4.69, 9.17) is 0 Å². The number of nitrogens with one attached hydrogen (secondary N) is 1. The molecule has 0 aliphatic carbocycles. The van der Waals surface area contributed by atoms with E-state index >= 15 is 0 Å². The Kier molecular flexibility index (Phi) is 5.04. The number of likely N-dealkylation sites (tertiary alicyclic amines) is 1. The molecular weight excluding hydrogens is 397 g/mol. The summed E-state index contributed by atoms with van der Waals surface area (Å²) in [5.74, 6) is 0.958. The van der Waals surface area contributed by atoms with Crippen molar-refractivity contribution in [2.45, 2.75) is 55.9 Å². The van der Waals surface area contributed by atoms with Crippen molar-refractivity contribution in [2.75, 3.05) is 25.5 Å². The van der Waals surface area contributed by atoms with Crippen molar-refractivity contribution in [3.63, 3.8) is 0 Å². The zero-order valence-corrected chi connectivity index (χ0v) is 17.8. The molecule has 1 aromatic carbocycles. The van der Waals surface area contributed by atoms with Crippen LogP contribution in [0.4, 0.5) is 10.2 Å². The zero-order valence-electron chi connectivity index (χ0n) is 17.8. The van der Waals surface area contributed by atoms with Gasteiger partial charge in [0.05, 0.1) is 24.1 Å². The summed E-state index contributed by atoms with van der Waals surface area (Å²) < 4.78 is 14.9. The molecule has 4 heterocycles. The van der Waals surface area contributed by atoms with Crippen LogP contribution in [0.2, 0.25) is 0 Å². The van der Waals surface area contributed by atoms with E-state index in [2.05, 4.69) is 15.3 Å². The monoisotopic (exact) mass is 425 g/mol. The molecule has 3 aliphatic rings. The van der Waals surface area contributed by atoms with E-state index < -0.39 is 6.17 Å². The third-order valence-electron chi connectivity index (χ3n) is 7.16. The van der Waals surface area contributed by atoms with E-state index in [0.717, 1.165) is 24.8 Å². The van der Waals surface area contributed by atoms with Crippen LogP contribution in [0.5, 0.6) is 5.75 Å². The van der Waals surface area contributed by atoms with Gasteiger partial charge in [-0.15, -0.1) is 0 Å². The number of anilines is 1. The van der Waals surface area contributed by atoms with Crippen LogP contribution in [0.1, 0.15) is 37.2 Å². The molecule has 3 fully saturated rings. The van der Waals surface area contributed by atoms with Crippen molar-refractivity contribution in [3.05, 3.63) is 36.2 Å². The minimum atomic E-state index is -0.927. The maximum absolute atomic E-state index is 14.9. The van der Waals surface area contributed by atoms with E-state index in [-0.39, 0.29) is 29.7 Å². The fourth-order valence-corrected chi connectivity index (χ4v) is 5.27. The number of benzene rings is 1. The Morgan fingerprint density at radius 2 is 2.10 bits per heavy atom. The zero-order chi connectivity index (χ0) is 21.7. The number of hydrogen-bond acceptors (Lipinski definition) is 6. The number of phenolic OH excluding ortho intramolecular Hbond substituents is 1. The van der Waals surface area contributed by atoms with Gasteiger partial charge in [0, 0.05) is 50.6 Å². The van der Waals surface area contributed by atoms with Crippen molar-refractivity contribution < 1.29 is 14.3 Å². The SMILES string of the molecule is CN1C[C@H](c2ccc(-c3cnc(N(C)[C@H]4C[C@@H]5CCC(N5)[C@H]4F)cn3)c(O)c2)CC1=O. The molecule has 0 spiro atoms. The summed E-state index contributed by atoms with van der Waals surface area (Å²) in [7, 11) is 3.67. The molecule has 5 atom stereocenters. The predicted molar refractivity (Wildman–Crippen MR) is 116 cm³/mol. The molecule has 164 valence electrons. The number of nitrogens with zero attached hydrogens (tertiary/aromatic N) is 4. The maximum Gasteiger partial charge on any atom is 0.223 e. The molecule has 1 aromatic heterocycles. The lowest BCUT2D eigenvalue weighted by Gasteiger charge is -2.38. The van der Waals surface area contributed by atoms with Crippen LogP contribution >= 0.6 is 0 Å². The molecule has 3 aliphatic heterocycles. The van der Waals surface area contributed by atoms with Gasteiger partial charge in [0.2, 0.25) is 5.91 Å². The Hall–Kier alpha value is -2.74. The lowest BCUT2D eigenvalue weighted by molar-refractivity contribution is -0.126. The van der Waals surface area contributed by atoms with E-state index in [1.54, 1.807) is 30.4 Å². The summed E-state index contributed by atoms with van der Waals surface area (Å²) in [6.45, 7) is 0.659. The van der Waals surface area contributed by atoms with Crippen LogP contribution in [0.25, 0.3) is 11.3 Å². The average molecular weight is 426 g/mol. The number of piperidine rings is 1. The number of halogens is 1. The number of hydrogen-bond donors (Lipinski definition) is 2.